The number of para-hydroxylation sites is 3. The summed E-state index contributed by atoms with van der Waals surface area (Å²) in [5.41, 5.74) is 11.0. The van der Waals surface area contributed by atoms with Crippen molar-refractivity contribution in [2.75, 3.05) is 0 Å². The molecule has 0 unspecified atom stereocenters. The molecular formula is C38H27N5O. The van der Waals surface area contributed by atoms with E-state index < -0.39 is 0 Å². The van der Waals surface area contributed by atoms with Gasteiger partial charge in [0, 0.05) is 34.1 Å². The quantitative estimate of drug-likeness (QED) is 0.229. The van der Waals surface area contributed by atoms with E-state index in [4.69, 9.17) is 14.4 Å². The van der Waals surface area contributed by atoms with Gasteiger partial charge in [-0.1, -0.05) is 68.4 Å². The normalized spacial score (nSPS) is 12.1. The fourth-order valence-corrected chi connectivity index (χ4v) is 6.52. The lowest BCUT2D eigenvalue weighted by atomic mass is 10.0. The van der Waals surface area contributed by atoms with Crippen molar-refractivity contribution in [2.45, 2.75) is 19.8 Å². The van der Waals surface area contributed by atoms with Gasteiger partial charge in [0.25, 0.3) is 0 Å². The lowest BCUT2D eigenvalue weighted by Gasteiger charge is -2.11. The summed E-state index contributed by atoms with van der Waals surface area (Å²) in [6.07, 6.45) is 3.73. The van der Waals surface area contributed by atoms with Gasteiger partial charge >= 0.3 is 0 Å². The Morgan fingerprint density at radius 2 is 1.52 bits per heavy atom. The van der Waals surface area contributed by atoms with E-state index in [1.807, 2.05) is 48.8 Å². The summed E-state index contributed by atoms with van der Waals surface area (Å²) in [6, 6.07) is 35.8. The first kappa shape index (κ1) is 24.8. The number of oxazole rings is 1. The fraction of sp³-hybridized carbons (Fsp3) is 0.0789. The van der Waals surface area contributed by atoms with Crippen LogP contribution in [0.15, 0.2) is 120 Å². The first-order valence-corrected chi connectivity index (χ1v) is 14.9. The van der Waals surface area contributed by atoms with Crippen molar-refractivity contribution in [3.8, 4) is 28.4 Å². The van der Waals surface area contributed by atoms with E-state index in [2.05, 4.69) is 95.1 Å². The molecule has 0 radical (unpaired) electrons. The van der Waals surface area contributed by atoms with Crippen LogP contribution in [-0.4, -0.2) is 24.5 Å². The van der Waals surface area contributed by atoms with Crippen LogP contribution >= 0.6 is 0 Å². The summed E-state index contributed by atoms with van der Waals surface area (Å²) in [5.74, 6) is 1.91. The number of benzene rings is 4. The lowest BCUT2D eigenvalue weighted by Crippen LogP contribution is -1.99. The fourth-order valence-electron chi connectivity index (χ4n) is 6.52. The maximum Gasteiger partial charge on any atom is 0.229 e. The van der Waals surface area contributed by atoms with Gasteiger partial charge in [-0.3, -0.25) is 9.55 Å². The Balaban J connectivity index is 1.25. The largest absolute Gasteiger partial charge is 0.436 e. The van der Waals surface area contributed by atoms with Crippen LogP contribution < -0.4 is 0 Å². The predicted molar refractivity (Wildman–Crippen MR) is 178 cm³/mol. The molecule has 6 nitrogen and oxygen atoms in total. The van der Waals surface area contributed by atoms with Crippen molar-refractivity contribution in [1.82, 2.24) is 24.5 Å². The average molecular weight is 570 g/mol. The van der Waals surface area contributed by atoms with Crippen LogP contribution in [0.3, 0.4) is 0 Å². The maximum atomic E-state index is 6.42. The minimum absolute atomic E-state index is 0.408. The van der Waals surface area contributed by atoms with E-state index in [0.717, 1.165) is 66.6 Å². The van der Waals surface area contributed by atoms with Gasteiger partial charge in [0.15, 0.2) is 5.58 Å². The highest BCUT2D eigenvalue weighted by Crippen LogP contribution is 2.39. The number of hydrogen-bond acceptors (Lipinski definition) is 4. The highest BCUT2D eigenvalue weighted by atomic mass is 16.3. The van der Waals surface area contributed by atoms with E-state index in [9.17, 15) is 0 Å². The van der Waals surface area contributed by atoms with Gasteiger partial charge in [-0.05, 0) is 65.6 Å². The number of nitrogens with one attached hydrogen (secondary N) is 1. The number of pyridine rings is 2. The topological polar surface area (TPSA) is 72.5 Å². The monoisotopic (exact) mass is 569 g/mol. The predicted octanol–water partition coefficient (Wildman–Crippen LogP) is 9.81. The van der Waals surface area contributed by atoms with E-state index in [0.29, 0.717) is 11.8 Å². The van der Waals surface area contributed by atoms with Gasteiger partial charge in [0.1, 0.15) is 11.3 Å². The smallest absolute Gasteiger partial charge is 0.229 e. The third-order valence-corrected chi connectivity index (χ3v) is 8.69. The summed E-state index contributed by atoms with van der Waals surface area (Å²) < 4.78 is 8.69. The van der Waals surface area contributed by atoms with Crippen LogP contribution in [0.25, 0.3) is 83.2 Å². The Morgan fingerprint density at radius 3 is 2.45 bits per heavy atom. The number of aromatic amines is 1. The van der Waals surface area contributed by atoms with Crippen LogP contribution in [0.5, 0.6) is 0 Å². The van der Waals surface area contributed by atoms with Crippen molar-refractivity contribution in [3.05, 3.63) is 121 Å². The number of fused-ring (bicyclic) bond motifs is 7. The Labute approximate surface area is 252 Å². The van der Waals surface area contributed by atoms with Crippen molar-refractivity contribution < 1.29 is 4.42 Å². The van der Waals surface area contributed by atoms with Crippen LogP contribution in [0.1, 0.15) is 25.3 Å². The first-order valence-electron chi connectivity index (χ1n) is 14.9. The van der Waals surface area contributed by atoms with Crippen LogP contribution in [0, 0.1) is 0 Å². The molecule has 1 N–H and O–H groups in total. The number of aromatic nitrogens is 5. The van der Waals surface area contributed by atoms with Crippen molar-refractivity contribution in [2.24, 2.45) is 0 Å². The second-order valence-corrected chi connectivity index (χ2v) is 11.6. The van der Waals surface area contributed by atoms with E-state index >= 15 is 0 Å². The SMILES string of the molecule is CC(C)c1ccnc(-n2c3ccccc3c3ccc(-c4cccc5oc(-c6cccc7c6[nH]c6cccnc67)nc45)cc32)c1. The Kier molecular flexibility index (Phi) is 5.29. The third kappa shape index (κ3) is 3.64. The molecule has 0 aliphatic heterocycles. The van der Waals surface area contributed by atoms with Crippen molar-refractivity contribution in [1.29, 1.82) is 0 Å². The van der Waals surface area contributed by atoms with Crippen molar-refractivity contribution >= 4 is 54.8 Å². The van der Waals surface area contributed by atoms with Crippen LogP contribution in [-0.2, 0) is 0 Å². The molecule has 0 atom stereocenters. The molecule has 0 bridgehead atoms. The van der Waals surface area contributed by atoms with Gasteiger partial charge in [-0.2, -0.15) is 0 Å². The van der Waals surface area contributed by atoms with Crippen LogP contribution in [0.4, 0.5) is 0 Å². The van der Waals surface area contributed by atoms with Crippen LogP contribution in [0.2, 0.25) is 0 Å². The molecule has 0 spiro atoms. The minimum atomic E-state index is 0.408. The summed E-state index contributed by atoms with van der Waals surface area (Å²) in [6.45, 7) is 4.43. The number of rotatable bonds is 4. The molecule has 5 aromatic heterocycles. The van der Waals surface area contributed by atoms with E-state index in [-0.39, 0.29) is 0 Å². The zero-order valence-electron chi connectivity index (χ0n) is 24.2. The second-order valence-electron chi connectivity index (χ2n) is 11.6. The zero-order chi connectivity index (χ0) is 29.4. The molecule has 6 heteroatoms. The molecule has 0 aliphatic carbocycles. The summed E-state index contributed by atoms with van der Waals surface area (Å²) in [5, 5.41) is 3.44. The third-order valence-electron chi connectivity index (χ3n) is 8.69. The second kappa shape index (κ2) is 9.38. The molecule has 44 heavy (non-hydrogen) atoms. The van der Waals surface area contributed by atoms with Gasteiger partial charge in [0.05, 0.1) is 33.1 Å². The Bertz CT molecular complexity index is 2550. The lowest BCUT2D eigenvalue weighted by molar-refractivity contribution is 0.620. The molecule has 0 saturated heterocycles. The summed E-state index contributed by atoms with van der Waals surface area (Å²) in [7, 11) is 0. The highest BCUT2D eigenvalue weighted by Gasteiger charge is 2.19. The minimum Gasteiger partial charge on any atom is -0.436 e. The molecule has 0 aliphatic rings. The standard InChI is InChI=1S/C38H27N5O/c1-22(2)23-17-19-39-34(21-23)43-31-13-4-3-8-26(31)27-16-15-24(20-32(27)43)25-9-6-14-33-37(25)42-38(44-33)29-11-5-10-28-35(29)41-30-12-7-18-40-36(28)30/h3-22,41H,1-2H3. The van der Waals surface area contributed by atoms with Gasteiger partial charge < -0.3 is 9.40 Å². The van der Waals surface area contributed by atoms with E-state index in [1.165, 1.54) is 16.3 Å². The maximum absolute atomic E-state index is 6.42. The van der Waals surface area contributed by atoms with Gasteiger partial charge in [0.2, 0.25) is 5.89 Å². The van der Waals surface area contributed by atoms with E-state index in [1.54, 1.807) is 0 Å². The van der Waals surface area contributed by atoms with Crippen molar-refractivity contribution in [3.63, 3.8) is 0 Å². The molecule has 9 aromatic rings. The molecular weight excluding hydrogens is 542 g/mol. The molecule has 0 amide bonds. The summed E-state index contributed by atoms with van der Waals surface area (Å²) >= 11 is 0. The molecule has 4 aromatic carbocycles. The molecule has 0 saturated carbocycles. The number of hydrogen-bond donors (Lipinski definition) is 1. The highest BCUT2D eigenvalue weighted by molar-refractivity contribution is 6.11. The van der Waals surface area contributed by atoms with Gasteiger partial charge in [-0.25, -0.2) is 9.97 Å². The van der Waals surface area contributed by atoms with Gasteiger partial charge in [-0.15, -0.1) is 0 Å². The molecule has 0 fully saturated rings. The average Bonchev–Trinajstić information content (AvgIpc) is 3.76. The Hall–Kier alpha value is -5.75. The first-order chi connectivity index (χ1) is 21.6. The number of nitrogens with zero attached hydrogens (tertiary/aromatic N) is 4. The summed E-state index contributed by atoms with van der Waals surface area (Å²) in [4.78, 5) is 18.0. The Morgan fingerprint density at radius 1 is 0.682 bits per heavy atom. The number of H-pyrrole nitrogens is 1. The zero-order valence-corrected chi connectivity index (χ0v) is 24.2. The molecule has 210 valence electrons. The molecule has 9 rings (SSSR count). The molecule has 5 heterocycles.